The predicted molar refractivity (Wildman–Crippen MR) is 70.1 cm³/mol. The number of rotatable bonds is 3. The summed E-state index contributed by atoms with van der Waals surface area (Å²) < 4.78 is 37.7. The van der Waals surface area contributed by atoms with Gasteiger partial charge in [-0.3, -0.25) is 0 Å². The molecule has 0 atom stereocenters. The summed E-state index contributed by atoms with van der Waals surface area (Å²) in [5.74, 6) is 0. The number of hydrogen-bond acceptors (Lipinski definition) is 3. The van der Waals surface area contributed by atoms with Crippen molar-refractivity contribution in [3.05, 3.63) is 40.5 Å². The third-order valence-corrected chi connectivity index (χ3v) is 3.77. The summed E-state index contributed by atoms with van der Waals surface area (Å²) in [4.78, 5) is 4.00. The molecule has 2 aromatic rings. The first kappa shape index (κ1) is 14.0. The summed E-state index contributed by atoms with van der Waals surface area (Å²) in [5.41, 5.74) is 2.78. The zero-order chi connectivity index (χ0) is 14.0. The number of thiazole rings is 1. The minimum atomic E-state index is -4.38. The SMILES string of the molecule is CNCc1ccc(C)c(-c2cnc(C(F)(F)F)s2)c1. The number of nitrogens with zero attached hydrogens (tertiary/aromatic N) is 1. The molecule has 0 fully saturated rings. The molecule has 102 valence electrons. The molecule has 1 aromatic carbocycles. The number of nitrogens with one attached hydrogen (secondary N) is 1. The second-order valence-electron chi connectivity index (χ2n) is 4.21. The number of aromatic nitrogens is 1. The molecule has 0 unspecified atom stereocenters. The van der Waals surface area contributed by atoms with Crippen LogP contribution in [0.1, 0.15) is 16.1 Å². The van der Waals surface area contributed by atoms with Crippen LogP contribution in [0.3, 0.4) is 0 Å². The fraction of sp³-hybridized carbons (Fsp3) is 0.308. The molecular formula is C13H13F3N2S. The standard InChI is InChI=1S/C13H13F3N2S/c1-8-3-4-9(6-17-2)5-10(8)11-7-18-12(19-11)13(14,15)16/h3-5,7,17H,6H2,1-2H3. The van der Waals surface area contributed by atoms with E-state index in [1.54, 1.807) is 0 Å². The third kappa shape index (κ3) is 3.13. The van der Waals surface area contributed by atoms with E-state index in [0.29, 0.717) is 22.8 Å². The van der Waals surface area contributed by atoms with Crippen molar-refractivity contribution in [1.82, 2.24) is 10.3 Å². The maximum absolute atomic E-state index is 12.6. The summed E-state index contributed by atoms with van der Waals surface area (Å²) in [5, 5.41) is 2.21. The van der Waals surface area contributed by atoms with Crippen LogP contribution >= 0.6 is 11.3 Å². The molecule has 6 heteroatoms. The zero-order valence-corrected chi connectivity index (χ0v) is 11.3. The highest BCUT2D eigenvalue weighted by molar-refractivity contribution is 7.15. The predicted octanol–water partition coefficient (Wildman–Crippen LogP) is 3.86. The average molecular weight is 286 g/mol. The van der Waals surface area contributed by atoms with Crippen LogP contribution in [0, 0.1) is 6.92 Å². The zero-order valence-electron chi connectivity index (χ0n) is 10.5. The van der Waals surface area contributed by atoms with E-state index < -0.39 is 11.2 Å². The van der Waals surface area contributed by atoms with Crippen LogP contribution in [-0.4, -0.2) is 12.0 Å². The molecule has 2 nitrogen and oxygen atoms in total. The molecular weight excluding hydrogens is 273 g/mol. The Labute approximate surface area is 113 Å². The van der Waals surface area contributed by atoms with Gasteiger partial charge < -0.3 is 5.32 Å². The highest BCUT2D eigenvalue weighted by Crippen LogP contribution is 2.37. The molecule has 1 N–H and O–H groups in total. The van der Waals surface area contributed by atoms with Crippen molar-refractivity contribution in [3.8, 4) is 10.4 Å². The van der Waals surface area contributed by atoms with E-state index in [1.807, 2.05) is 32.2 Å². The summed E-state index contributed by atoms with van der Waals surface area (Å²) in [6.45, 7) is 2.56. The first-order valence-corrected chi connectivity index (χ1v) is 6.51. The number of aryl methyl sites for hydroxylation is 1. The Balaban J connectivity index is 2.41. The van der Waals surface area contributed by atoms with Crippen LogP contribution in [0.5, 0.6) is 0 Å². The lowest BCUT2D eigenvalue weighted by Crippen LogP contribution is -2.05. The van der Waals surface area contributed by atoms with Gasteiger partial charge in [-0.25, -0.2) is 4.98 Å². The Hall–Kier alpha value is -1.40. The number of benzene rings is 1. The minimum Gasteiger partial charge on any atom is -0.316 e. The average Bonchev–Trinajstić information content (AvgIpc) is 2.81. The van der Waals surface area contributed by atoms with E-state index in [2.05, 4.69) is 10.3 Å². The van der Waals surface area contributed by atoms with Crippen LogP contribution in [-0.2, 0) is 12.7 Å². The van der Waals surface area contributed by atoms with Crippen molar-refractivity contribution >= 4 is 11.3 Å². The molecule has 0 spiro atoms. The Morgan fingerprint density at radius 2 is 2.05 bits per heavy atom. The summed E-state index contributed by atoms with van der Waals surface area (Å²) in [7, 11) is 1.83. The summed E-state index contributed by atoms with van der Waals surface area (Å²) in [6, 6.07) is 5.77. The van der Waals surface area contributed by atoms with Gasteiger partial charge in [-0.15, -0.1) is 11.3 Å². The van der Waals surface area contributed by atoms with Crippen LogP contribution in [0.15, 0.2) is 24.4 Å². The van der Waals surface area contributed by atoms with E-state index in [4.69, 9.17) is 0 Å². The molecule has 1 aromatic heterocycles. The largest absolute Gasteiger partial charge is 0.443 e. The van der Waals surface area contributed by atoms with Crippen LogP contribution in [0.2, 0.25) is 0 Å². The van der Waals surface area contributed by atoms with Gasteiger partial charge in [-0.1, -0.05) is 12.1 Å². The second-order valence-corrected chi connectivity index (χ2v) is 5.24. The fourth-order valence-corrected chi connectivity index (χ4v) is 2.64. The third-order valence-electron chi connectivity index (χ3n) is 2.70. The smallest absolute Gasteiger partial charge is 0.316 e. The lowest BCUT2D eigenvalue weighted by molar-refractivity contribution is -0.137. The normalized spacial score (nSPS) is 11.8. The van der Waals surface area contributed by atoms with Gasteiger partial charge in [0.2, 0.25) is 0 Å². The van der Waals surface area contributed by atoms with Crippen molar-refractivity contribution < 1.29 is 13.2 Å². The number of hydrogen-bond donors (Lipinski definition) is 1. The highest BCUT2D eigenvalue weighted by atomic mass is 32.1. The van der Waals surface area contributed by atoms with Gasteiger partial charge in [-0.2, -0.15) is 13.2 Å². The molecule has 1 heterocycles. The molecule has 0 amide bonds. The molecule has 0 aliphatic heterocycles. The van der Waals surface area contributed by atoms with Crippen molar-refractivity contribution in [2.45, 2.75) is 19.6 Å². The van der Waals surface area contributed by atoms with E-state index in [9.17, 15) is 13.2 Å². The first-order valence-electron chi connectivity index (χ1n) is 5.69. The number of halogens is 3. The fourth-order valence-electron chi connectivity index (χ4n) is 1.78. The van der Waals surface area contributed by atoms with Crippen molar-refractivity contribution in [2.75, 3.05) is 7.05 Å². The molecule has 19 heavy (non-hydrogen) atoms. The molecule has 0 radical (unpaired) electrons. The van der Waals surface area contributed by atoms with Crippen LogP contribution < -0.4 is 5.32 Å². The van der Waals surface area contributed by atoms with Gasteiger partial charge in [0.15, 0.2) is 5.01 Å². The lowest BCUT2D eigenvalue weighted by Gasteiger charge is -2.07. The van der Waals surface area contributed by atoms with Crippen molar-refractivity contribution in [1.29, 1.82) is 0 Å². The van der Waals surface area contributed by atoms with Gasteiger partial charge in [0.05, 0.1) is 4.88 Å². The highest BCUT2D eigenvalue weighted by Gasteiger charge is 2.34. The van der Waals surface area contributed by atoms with E-state index >= 15 is 0 Å². The Bertz CT molecular complexity index is 576. The van der Waals surface area contributed by atoms with Crippen molar-refractivity contribution in [2.24, 2.45) is 0 Å². The lowest BCUT2D eigenvalue weighted by atomic mass is 10.0. The Morgan fingerprint density at radius 3 is 2.63 bits per heavy atom. The molecule has 0 saturated heterocycles. The van der Waals surface area contributed by atoms with E-state index in [-0.39, 0.29) is 0 Å². The number of alkyl halides is 3. The molecule has 0 saturated carbocycles. The second kappa shape index (κ2) is 5.30. The topological polar surface area (TPSA) is 24.9 Å². The quantitative estimate of drug-likeness (QED) is 0.927. The Morgan fingerprint density at radius 1 is 1.32 bits per heavy atom. The Kier molecular flexibility index (Phi) is 3.91. The van der Waals surface area contributed by atoms with E-state index in [1.165, 1.54) is 6.20 Å². The minimum absolute atomic E-state index is 0.544. The van der Waals surface area contributed by atoms with Crippen LogP contribution in [0.25, 0.3) is 10.4 Å². The van der Waals surface area contributed by atoms with E-state index in [0.717, 1.165) is 16.7 Å². The molecule has 0 aliphatic rings. The maximum Gasteiger partial charge on any atom is 0.443 e. The van der Waals surface area contributed by atoms with Gasteiger partial charge >= 0.3 is 6.18 Å². The molecule has 0 bridgehead atoms. The van der Waals surface area contributed by atoms with Gasteiger partial charge in [-0.05, 0) is 36.7 Å². The monoisotopic (exact) mass is 286 g/mol. The van der Waals surface area contributed by atoms with Crippen molar-refractivity contribution in [3.63, 3.8) is 0 Å². The summed E-state index contributed by atoms with van der Waals surface area (Å²) >= 11 is 0.677. The van der Waals surface area contributed by atoms with Gasteiger partial charge in [0.1, 0.15) is 0 Å². The first-order chi connectivity index (χ1) is 8.91. The maximum atomic E-state index is 12.6. The summed E-state index contributed by atoms with van der Waals surface area (Å²) in [6.07, 6.45) is -3.08. The molecule has 0 aliphatic carbocycles. The van der Waals surface area contributed by atoms with Gasteiger partial charge in [0.25, 0.3) is 0 Å². The van der Waals surface area contributed by atoms with Gasteiger partial charge in [0, 0.05) is 12.7 Å². The molecule has 2 rings (SSSR count). The van der Waals surface area contributed by atoms with Crippen LogP contribution in [0.4, 0.5) is 13.2 Å².